The number of nitrogens with zero attached hydrogens (tertiary/aromatic N) is 8. The monoisotopic (exact) mass is 378 g/mol. The summed E-state index contributed by atoms with van der Waals surface area (Å²) in [7, 11) is 1.73. The lowest BCUT2D eigenvalue weighted by Gasteiger charge is -2.44. The number of aromatic nitrogens is 6. The molecule has 0 spiro atoms. The molecule has 0 N–H and O–H groups in total. The minimum absolute atomic E-state index is 0.0107. The van der Waals surface area contributed by atoms with E-state index in [9.17, 15) is 13.2 Å². The number of anilines is 2. The van der Waals surface area contributed by atoms with Crippen molar-refractivity contribution in [2.24, 2.45) is 0 Å². The third kappa shape index (κ3) is 3.02. The van der Waals surface area contributed by atoms with Crippen molar-refractivity contribution in [2.45, 2.75) is 25.6 Å². The SMILES string of the molecule is CCc1nnc2c(N3CC(N(C)c4cc(C(F)(F)F)ncn4)C3)nccn12. The number of halogens is 3. The van der Waals surface area contributed by atoms with Crippen LogP contribution in [0.3, 0.4) is 0 Å². The van der Waals surface area contributed by atoms with Crippen LogP contribution in [0.25, 0.3) is 5.65 Å². The van der Waals surface area contributed by atoms with Crippen LogP contribution in [0.4, 0.5) is 24.8 Å². The fourth-order valence-electron chi connectivity index (χ4n) is 3.08. The van der Waals surface area contributed by atoms with Gasteiger partial charge in [0, 0.05) is 45.0 Å². The molecule has 0 saturated carbocycles. The maximum absolute atomic E-state index is 12.9. The number of likely N-dealkylation sites (N-methyl/N-ethyl adjacent to an activating group) is 1. The minimum atomic E-state index is -4.49. The fraction of sp³-hybridized carbons (Fsp3) is 0.438. The second-order valence-electron chi connectivity index (χ2n) is 6.34. The molecule has 8 nitrogen and oxygen atoms in total. The minimum Gasteiger partial charge on any atom is -0.353 e. The van der Waals surface area contributed by atoms with Crippen molar-refractivity contribution in [1.29, 1.82) is 0 Å². The molecule has 1 saturated heterocycles. The van der Waals surface area contributed by atoms with Gasteiger partial charge in [-0.15, -0.1) is 10.2 Å². The molecule has 1 aliphatic rings. The van der Waals surface area contributed by atoms with Gasteiger partial charge in [-0.1, -0.05) is 6.92 Å². The van der Waals surface area contributed by atoms with Crippen molar-refractivity contribution >= 4 is 17.3 Å². The van der Waals surface area contributed by atoms with Crippen molar-refractivity contribution in [3.63, 3.8) is 0 Å². The number of rotatable bonds is 4. The lowest BCUT2D eigenvalue weighted by molar-refractivity contribution is -0.141. The van der Waals surface area contributed by atoms with Crippen LogP contribution in [0.1, 0.15) is 18.4 Å². The van der Waals surface area contributed by atoms with Gasteiger partial charge in [0.2, 0.25) is 5.65 Å². The number of aryl methyl sites for hydroxylation is 1. The summed E-state index contributed by atoms with van der Waals surface area (Å²) in [5, 5.41) is 8.37. The van der Waals surface area contributed by atoms with Crippen molar-refractivity contribution in [3.05, 3.63) is 36.3 Å². The van der Waals surface area contributed by atoms with Crippen molar-refractivity contribution < 1.29 is 13.2 Å². The van der Waals surface area contributed by atoms with Crippen LogP contribution in [0, 0.1) is 0 Å². The highest BCUT2D eigenvalue weighted by Crippen LogP contribution is 2.31. The van der Waals surface area contributed by atoms with Gasteiger partial charge >= 0.3 is 6.18 Å². The van der Waals surface area contributed by atoms with Crippen molar-refractivity contribution in [2.75, 3.05) is 29.9 Å². The Morgan fingerprint density at radius 1 is 1.19 bits per heavy atom. The molecule has 3 aromatic heterocycles. The highest BCUT2D eigenvalue weighted by atomic mass is 19.4. The molecule has 0 aliphatic carbocycles. The second-order valence-corrected chi connectivity index (χ2v) is 6.34. The summed E-state index contributed by atoms with van der Waals surface area (Å²) >= 11 is 0. The Balaban J connectivity index is 1.51. The fourth-order valence-corrected chi connectivity index (χ4v) is 3.08. The van der Waals surface area contributed by atoms with Gasteiger partial charge in [0.15, 0.2) is 5.82 Å². The molecule has 0 aromatic carbocycles. The molecule has 1 fully saturated rings. The van der Waals surface area contributed by atoms with Crippen LogP contribution in [-0.4, -0.2) is 55.7 Å². The van der Waals surface area contributed by atoms with E-state index in [0.717, 1.165) is 24.6 Å². The highest BCUT2D eigenvalue weighted by molar-refractivity contribution is 5.66. The van der Waals surface area contributed by atoms with E-state index in [1.807, 2.05) is 22.4 Å². The second kappa shape index (κ2) is 6.32. The highest BCUT2D eigenvalue weighted by Gasteiger charge is 2.36. The van der Waals surface area contributed by atoms with Crippen LogP contribution >= 0.6 is 0 Å². The Bertz CT molecular complexity index is 964. The standard InChI is InChI=1S/C16H17F3N8/c1-3-12-23-24-15-14(20-4-5-27(12)15)26-7-10(8-26)25(2)13-6-11(16(17,18)19)21-9-22-13/h4-6,9-10H,3,7-8H2,1-2H3. The molecule has 4 heterocycles. The molecule has 0 unspecified atom stereocenters. The Morgan fingerprint density at radius 3 is 2.67 bits per heavy atom. The van der Waals surface area contributed by atoms with E-state index in [2.05, 4.69) is 25.1 Å². The summed E-state index contributed by atoms with van der Waals surface area (Å²) in [6.07, 6.45) is 0.720. The lowest BCUT2D eigenvalue weighted by Crippen LogP contribution is -2.59. The van der Waals surface area contributed by atoms with Gasteiger partial charge in [0.25, 0.3) is 0 Å². The van der Waals surface area contributed by atoms with Crippen molar-refractivity contribution in [3.8, 4) is 0 Å². The number of hydrogen-bond acceptors (Lipinski definition) is 7. The van der Waals surface area contributed by atoms with Gasteiger partial charge in [0.1, 0.15) is 23.7 Å². The first-order valence-electron chi connectivity index (χ1n) is 8.44. The third-order valence-electron chi connectivity index (χ3n) is 4.71. The topological polar surface area (TPSA) is 75.3 Å². The zero-order valence-electron chi connectivity index (χ0n) is 14.7. The van der Waals surface area contributed by atoms with E-state index in [0.29, 0.717) is 24.6 Å². The first-order valence-corrected chi connectivity index (χ1v) is 8.44. The number of hydrogen-bond donors (Lipinski definition) is 0. The largest absolute Gasteiger partial charge is 0.433 e. The van der Waals surface area contributed by atoms with E-state index in [4.69, 9.17) is 0 Å². The van der Waals surface area contributed by atoms with Gasteiger partial charge in [0.05, 0.1) is 6.04 Å². The Hall–Kier alpha value is -2.98. The quantitative estimate of drug-likeness (QED) is 0.685. The lowest BCUT2D eigenvalue weighted by atomic mass is 10.1. The van der Waals surface area contributed by atoms with Crippen LogP contribution in [0.15, 0.2) is 24.8 Å². The van der Waals surface area contributed by atoms with E-state index in [1.165, 1.54) is 0 Å². The van der Waals surface area contributed by atoms with Gasteiger partial charge in [-0.25, -0.2) is 15.0 Å². The van der Waals surface area contributed by atoms with Gasteiger partial charge in [-0.3, -0.25) is 4.40 Å². The molecule has 142 valence electrons. The molecule has 0 amide bonds. The van der Waals surface area contributed by atoms with E-state index in [1.54, 1.807) is 18.1 Å². The zero-order valence-corrected chi connectivity index (χ0v) is 14.7. The predicted molar refractivity (Wildman–Crippen MR) is 91.6 cm³/mol. The molecule has 0 bridgehead atoms. The smallest absolute Gasteiger partial charge is 0.353 e. The molecule has 0 atom stereocenters. The molecule has 4 rings (SSSR count). The average Bonchev–Trinajstić information content (AvgIpc) is 3.03. The van der Waals surface area contributed by atoms with Gasteiger partial charge < -0.3 is 9.80 Å². The maximum atomic E-state index is 12.9. The maximum Gasteiger partial charge on any atom is 0.433 e. The summed E-state index contributed by atoms with van der Waals surface area (Å²) in [5.41, 5.74) is -0.269. The van der Waals surface area contributed by atoms with E-state index < -0.39 is 11.9 Å². The van der Waals surface area contributed by atoms with Gasteiger partial charge in [-0.05, 0) is 0 Å². The molecule has 1 aliphatic heterocycles. The molecule has 11 heteroatoms. The molecular weight excluding hydrogens is 361 g/mol. The van der Waals surface area contributed by atoms with Gasteiger partial charge in [-0.2, -0.15) is 13.2 Å². The van der Waals surface area contributed by atoms with Crippen LogP contribution in [0.2, 0.25) is 0 Å². The van der Waals surface area contributed by atoms with Crippen LogP contribution in [-0.2, 0) is 12.6 Å². The van der Waals surface area contributed by atoms with Crippen LogP contribution in [0.5, 0.6) is 0 Å². The summed E-state index contributed by atoms with van der Waals surface area (Å²) < 4.78 is 40.5. The Morgan fingerprint density at radius 2 is 1.96 bits per heavy atom. The molecular formula is C16H17F3N8. The van der Waals surface area contributed by atoms with E-state index >= 15 is 0 Å². The normalized spacial score (nSPS) is 15.2. The molecule has 27 heavy (non-hydrogen) atoms. The zero-order chi connectivity index (χ0) is 19.2. The Labute approximate surface area is 152 Å². The average molecular weight is 378 g/mol. The summed E-state index contributed by atoms with van der Waals surface area (Å²) in [6, 6.07) is 0.977. The van der Waals surface area contributed by atoms with Crippen LogP contribution < -0.4 is 9.80 Å². The first kappa shape index (κ1) is 17.4. The predicted octanol–water partition coefficient (Wildman–Crippen LogP) is 1.82. The third-order valence-corrected chi connectivity index (χ3v) is 4.71. The van der Waals surface area contributed by atoms with Crippen molar-refractivity contribution in [1.82, 2.24) is 29.5 Å². The molecule has 0 radical (unpaired) electrons. The summed E-state index contributed by atoms with van der Waals surface area (Å²) in [6.45, 7) is 3.20. The summed E-state index contributed by atoms with van der Waals surface area (Å²) in [4.78, 5) is 15.4. The number of fused-ring (bicyclic) bond motifs is 1. The van der Waals surface area contributed by atoms with E-state index in [-0.39, 0.29) is 11.9 Å². The first-order chi connectivity index (χ1) is 12.9. The molecule has 3 aromatic rings. The summed E-state index contributed by atoms with van der Waals surface area (Å²) in [5.74, 6) is 1.81. The number of alkyl halides is 3. The Kier molecular flexibility index (Phi) is 4.08.